The molecule has 0 spiro atoms. The summed E-state index contributed by atoms with van der Waals surface area (Å²) in [6.07, 6.45) is 2.38. The summed E-state index contributed by atoms with van der Waals surface area (Å²) >= 11 is 0. The standard InChI is InChI=1S/C11H20N2/c1-3-4-5-7-13-8-6-11(10-13)9-12-2/h11-12H,5-10H2,1-2H3. The lowest BCUT2D eigenvalue weighted by molar-refractivity contribution is 0.331. The molecule has 0 aromatic carbocycles. The van der Waals surface area contributed by atoms with E-state index in [1.54, 1.807) is 0 Å². The zero-order chi connectivity index (χ0) is 9.52. The molecule has 0 saturated carbocycles. The zero-order valence-corrected chi connectivity index (χ0v) is 8.77. The minimum atomic E-state index is 0.861. The quantitative estimate of drug-likeness (QED) is 0.648. The highest BCUT2D eigenvalue weighted by atomic mass is 15.1. The van der Waals surface area contributed by atoms with Gasteiger partial charge in [-0.25, -0.2) is 0 Å². The van der Waals surface area contributed by atoms with Gasteiger partial charge >= 0.3 is 0 Å². The smallest absolute Gasteiger partial charge is 0.0216 e. The molecule has 0 bridgehead atoms. The Morgan fingerprint density at radius 3 is 3.08 bits per heavy atom. The molecule has 1 rings (SSSR count). The molecule has 2 heteroatoms. The summed E-state index contributed by atoms with van der Waals surface area (Å²) in [5, 5.41) is 3.24. The maximum absolute atomic E-state index is 3.24. The first-order valence-corrected chi connectivity index (χ1v) is 5.13. The fraction of sp³-hybridized carbons (Fsp3) is 0.818. The molecule has 1 N–H and O–H groups in total. The number of nitrogens with zero attached hydrogens (tertiary/aromatic N) is 1. The molecule has 1 aliphatic heterocycles. The summed E-state index contributed by atoms with van der Waals surface area (Å²) in [4.78, 5) is 2.52. The van der Waals surface area contributed by atoms with Crippen LogP contribution < -0.4 is 5.32 Å². The molecule has 1 unspecified atom stereocenters. The summed E-state index contributed by atoms with van der Waals surface area (Å²) in [6.45, 7) is 6.74. The Morgan fingerprint density at radius 1 is 1.54 bits per heavy atom. The monoisotopic (exact) mass is 180 g/mol. The highest BCUT2D eigenvalue weighted by Crippen LogP contribution is 2.14. The van der Waals surface area contributed by atoms with E-state index in [1.165, 1.54) is 19.5 Å². The van der Waals surface area contributed by atoms with Crippen molar-refractivity contribution >= 4 is 0 Å². The summed E-state index contributed by atoms with van der Waals surface area (Å²) in [5.74, 6) is 6.91. The highest BCUT2D eigenvalue weighted by Gasteiger charge is 2.20. The summed E-state index contributed by atoms with van der Waals surface area (Å²) in [6, 6.07) is 0. The number of hydrogen-bond donors (Lipinski definition) is 1. The third-order valence-electron chi connectivity index (χ3n) is 2.59. The maximum Gasteiger partial charge on any atom is 0.0216 e. The molecule has 0 aromatic heterocycles. The van der Waals surface area contributed by atoms with E-state index in [9.17, 15) is 0 Å². The molecule has 1 atom stereocenters. The van der Waals surface area contributed by atoms with Crippen molar-refractivity contribution in [1.82, 2.24) is 10.2 Å². The Hall–Kier alpha value is -0.520. The average Bonchev–Trinajstić information content (AvgIpc) is 2.54. The third-order valence-corrected chi connectivity index (χ3v) is 2.59. The molecule has 1 fully saturated rings. The van der Waals surface area contributed by atoms with Crippen molar-refractivity contribution in [2.45, 2.75) is 19.8 Å². The molecular formula is C11H20N2. The van der Waals surface area contributed by atoms with Gasteiger partial charge in [0.2, 0.25) is 0 Å². The van der Waals surface area contributed by atoms with E-state index in [0.717, 1.165) is 25.4 Å². The van der Waals surface area contributed by atoms with Crippen molar-refractivity contribution in [3.8, 4) is 11.8 Å². The van der Waals surface area contributed by atoms with Gasteiger partial charge in [-0.2, -0.15) is 0 Å². The van der Waals surface area contributed by atoms with E-state index in [-0.39, 0.29) is 0 Å². The van der Waals surface area contributed by atoms with Crippen LogP contribution in [0.5, 0.6) is 0 Å². The van der Waals surface area contributed by atoms with Gasteiger partial charge in [0.15, 0.2) is 0 Å². The van der Waals surface area contributed by atoms with Gasteiger partial charge in [0, 0.05) is 19.5 Å². The Bertz CT molecular complexity index is 190. The lowest BCUT2D eigenvalue weighted by Gasteiger charge is -2.13. The van der Waals surface area contributed by atoms with Crippen molar-refractivity contribution in [1.29, 1.82) is 0 Å². The van der Waals surface area contributed by atoms with Crippen LogP contribution in [-0.4, -0.2) is 38.1 Å². The fourth-order valence-corrected chi connectivity index (χ4v) is 1.91. The van der Waals surface area contributed by atoms with E-state index >= 15 is 0 Å². The predicted molar refractivity (Wildman–Crippen MR) is 56.5 cm³/mol. The van der Waals surface area contributed by atoms with Crippen molar-refractivity contribution in [2.75, 3.05) is 33.2 Å². The third kappa shape index (κ3) is 3.80. The van der Waals surface area contributed by atoms with Crippen molar-refractivity contribution < 1.29 is 0 Å². The highest BCUT2D eigenvalue weighted by molar-refractivity contribution is 4.95. The summed E-state index contributed by atoms with van der Waals surface area (Å²) in [5.41, 5.74) is 0. The number of likely N-dealkylation sites (tertiary alicyclic amines) is 1. The SMILES string of the molecule is CC#CCCN1CCC(CNC)C1. The molecule has 1 aliphatic rings. The van der Waals surface area contributed by atoms with E-state index in [0.29, 0.717) is 0 Å². The molecule has 1 heterocycles. The zero-order valence-electron chi connectivity index (χ0n) is 8.77. The van der Waals surface area contributed by atoms with Crippen LogP contribution in [0.1, 0.15) is 19.8 Å². The first-order valence-electron chi connectivity index (χ1n) is 5.13. The first kappa shape index (κ1) is 10.6. The minimum absolute atomic E-state index is 0.861. The molecule has 0 amide bonds. The second-order valence-corrected chi connectivity index (χ2v) is 3.69. The van der Waals surface area contributed by atoms with Crippen LogP contribution in [0.25, 0.3) is 0 Å². The van der Waals surface area contributed by atoms with E-state index < -0.39 is 0 Å². The molecule has 0 aliphatic carbocycles. The van der Waals surface area contributed by atoms with Gasteiger partial charge in [0.1, 0.15) is 0 Å². The van der Waals surface area contributed by atoms with Gasteiger partial charge < -0.3 is 10.2 Å². The Labute approximate surface area is 81.7 Å². The van der Waals surface area contributed by atoms with Gasteiger partial charge in [-0.1, -0.05) is 0 Å². The van der Waals surface area contributed by atoms with E-state index in [4.69, 9.17) is 0 Å². The van der Waals surface area contributed by atoms with Gasteiger partial charge in [-0.05, 0) is 39.4 Å². The first-order chi connectivity index (χ1) is 6.36. The largest absolute Gasteiger partial charge is 0.319 e. The molecule has 74 valence electrons. The van der Waals surface area contributed by atoms with Crippen molar-refractivity contribution in [3.05, 3.63) is 0 Å². The minimum Gasteiger partial charge on any atom is -0.319 e. The molecule has 1 saturated heterocycles. The Kier molecular flexibility index (Phi) is 4.88. The van der Waals surface area contributed by atoms with E-state index in [2.05, 4.69) is 22.1 Å². The molecular weight excluding hydrogens is 160 g/mol. The normalized spacial score (nSPS) is 22.8. The molecule has 2 nitrogen and oxygen atoms in total. The van der Waals surface area contributed by atoms with Gasteiger partial charge in [0.25, 0.3) is 0 Å². The van der Waals surface area contributed by atoms with Gasteiger partial charge in [0.05, 0.1) is 0 Å². The second-order valence-electron chi connectivity index (χ2n) is 3.69. The number of hydrogen-bond acceptors (Lipinski definition) is 2. The Balaban J connectivity index is 2.12. The molecule has 0 radical (unpaired) electrons. The summed E-state index contributed by atoms with van der Waals surface area (Å²) < 4.78 is 0. The predicted octanol–water partition coefficient (Wildman–Crippen LogP) is 0.941. The van der Waals surface area contributed by atoms with Crippen LogP contribution in [0.4, 0.5) is 0 Å². The van der Waals surface area contributed by atoms with Crippen molar-refractivity contribution in [2.24, 2.45) is 5.92 Å². The molecule has 13 heavy (non-hydrogen) atoms. The number of rotatable bonds is 4. The summed E-state index contributed by atoms with van der Waals surface area (Å²) in [7, 11) is 2.03. The maximum atomic E-state index is 3.24. The van der Waals surface area contributed by atoms with Gasteiger partial charge in [-0.15, -0.1) is 11.8 Å². The average molecular weight is 180 g/mol. The second kappa shape index (κ2) is 6.01. The topological polar surface area (TPSA) is 15.3 Å². The number of nitrogens with one attached hydrogen (secondary N) is 1. The Morgan fingerprint density at radius 2 is 2.38 bits per heavy atom. The lowest BCUT2D eigenvalue weighted by Crippen LogP contribution is -2.25. The van der Waals surface area contributed by atoms with Crippen molar-refractivity contribution in [3.63, 3.8) is 0 Å². The molecule has 0 aromatic rings. The van der Waals surface area contributed by atoms with Gasteiger partial charge in [-0.3, -0.25) is 0 Å². The van der Waals surface area contributed by atoms with Crippen LogP contribution in [0, 0.1) is 17.8 Å². The van der Waals surface area contributed by atoms with Crippen LogP contribution in [0.2, 0.25) is 0 Å². The van der Waals surface area contributed by atoms with Crippen LogP contribution >= 0.6 is 0 Å². The van der Waals surface area contributed by atoms with Crippen LogP contribution in [0.3, 0.4) is 0 Å². The fourth-order valence-electron chi connectivity index (χ4n) is 1.91. The lowest BCUT2D eigenvalue weighted by atomic mass is 10.1. The van der Waals surface area contributed by atoms with E-state index in [1.807, 2.05) is 14.0 Å². The van der Waals surface area contributed by atoms with Crippen LogP contribution in [-0.2, 0) is 0 Å². The van der Waals surface area contributed by atoms with Crippen LogP contribution in [0.15, 0.2) is 0 Å².